The first-order chi connectivity index (χ1) is 8.63. The number of rotatable bonds is 5. The second-order valence-corrected chi connectivity index (χ2v) is 4.30. The molecule has 0 saturated carbocycles. The highest BCUT2D eigenvalue weighted by Crippen LogP contribution is 2.14. The number of anilines is 1. The molecule has 0 fully saturated rings. The zero-order valence-corrected chi connectivity index (χ0v) is 10.8. The number of hydrogen-bond donors (Lipinski definition) is 2. The maximum absolute atomic E-state index is 5.56. The van der Waals surface area contributed by atoms with Gasteiger partial charge in [-0.1, -0.05) is 0 Å². The molecular weight excluding hydrogens is 230 g/mol. The summed E-state index contributed by atoms with van der Waals surface area (Å²) in [6, 6.07) is 1.82. The minimum atomic E-state index is 0.0982. The number of nitrogens with one attached hydrogen (secondary N) is 2. The molecule has 0 aliphatic heterocycles. The number of H-pyrrole nitrogens is 1. The summed E-state index contributed by atoms with van der Waals surface area (Å²) in [5.74, 6) is 1.15. The summed E-state index contributed by atoms with van der Waals surface area (Å²) >= 11 is 0. The average molecular weight is 247 g/mol. The van der Waals surface area contributed by atoms with Gasteiger partial charge in [-0.3, -0.25) is 5.10 Å². The summed E-state index contributed by atoms with van der Waals surface area (Å²) in [5, 5.41) is 9.78. The van der Waals surface area contributed by atoms with Crippen molar-refractivity contribution in [3.05, 3.63) is 29.7 Å². The van der Waals surface area contributed by atoms with E-state index >= 15 is 0 Å². The lowest BCUT2D eigenvalue weighted by Gasteiger charge is -2.11. The maximum Gasteiger partial charge on any atom is 0.226 e. The van der Waals surface area contributed by atoms with E-state index in [1.165, 1.54) is 0 Å². The zero-order chi connectivity index (χ0) is 13.0. The lowest BCUT2D eigenvalue weighted by molar-refractivity contribution is 0.232. The van der Waals surface area contributed by atoms with Crippen molar-refractivity contribution in [1.29, 1.82) is 0 Å². The van der Waals surface area contributed by atoms with E-state index < -0.39 is 0 Å². The van der Waals surface area contributed by atoms with Crippen LogP contribution in [-0.4, -0.2) is 26.3 Å². The molecule has 0 spiro atoms. The van der Waals surface area contributed by atoms with E-state index in [9.17, 15) is 0 Å². The summed E-state index contributed by atoms with van der Waals surface area (Å²) in [6.07, 6.45) is 3.68. The Kier molecular flexibility index (Phi) is 3.76. The zero-order valence-electron chi connectivity index (χ0n) is 10.8. The van der Waals surface area contributed by atoms with Crippen LogP contribution >= 0.6 is 0 Å². The molecule has 6 nitrogen and oxygen atoms in total. The molecule has 0 amide bonds. The van der Waals surface area contributed by atoms with Gasteiger partial charge in [0, 0.05) is 30.1 Å². The molecule has 0 atom stereocenters. The molecule has 0 aromatic carbocycles. The first-order valence-electron chi connectivity index (χ1n) is 5.87. The molecule has 0 saturated heterocycles. The van der Waals surface area contributed by atoms with Gasteiger partial charge in [0.15, 0.2) is 0 Å². The fourth-order valence-electron chi connectivity index (χ4n) is 1.48. The highest BCUT2D eigenvalue weighted by atomic mass is 16.5. The van der Waals surface area contributed by atoms with Gasteiger partial charge >= 0.3 is 0 Å². The summed E-state index contributed by atoms with van der Waals surface area (Å²) in [6.45, 7) is 6.48. The van der Waals surface area contributed by atoms with Gasteiger partial charge in [-0.05, 0) is 20.8 Å². The molecule has 0 unspecified atom stereocenters. The predicted octanol–water partition coefficient (Wildman–Crippen LogP) is 1.91. The van der Waals surface area contributed by atoms with Gasteiger partial charge in [0.25, 0.3) is 0 Å². The van der Waals surface area contributed by atoms with Crippen molar-refractivity contribution in [1.82, 2.24) is 20.2 Å². The monoisotopic (exact) mass is 247 g/mol. The summed E-state index contributed by atoms with van der Waals surface area (Å²) in [5.41, 5.74) is 1.92. The van der Waals surface area contributed by atoms with Crippen molar-refractivity contribution in [3.63, 3.8) is 0 Å². The van der Waals surface area contributed by atoms with Crippen molar-refractivity contribution in [3.8, 4) is 5.88 Å². The molecule has 2 rings (SSSR count). The smallest absolute Gasteiger partial charge is 0.226 e. The molecule has 0 aliphatic carbocycles. The van der Waals surface area contributed by atoms with E-state index in [1.54, 1.807) is 6.20 Å². The third kappa shape index (κ3) is 3.44. The first kappa shape index (κ1) is 12.3. The Balaban J connectivity index is 2.05. The molecule has 0 aliphatic rings. The average Bonchev–Trinajstić information content (AvgIpc) is 2.77. The lowest BCUT2D eigenvalue weighted by atomic mass is 10.4. The lowest BCUT2D eigenvalue weighted by Crippen LogP contribution is -2.10. The maximum atomic E-state index is 5.56. The van der Waals surface area contributed by atoms with E-state index in [-0.39, 0.29) is 6.10 Å². The normalized spacial score (nSPS) is 10.7. The van der Waals surface area contributed by atoms with Crippen LogP contribution in [0.2, 0.25) is 0 Å². The molecule has 2 aromatic heterocycles. The molecule has 2 aromatic rings. The van der Waals surface area contributed by atoms with Crippen molar-refractivity contribution in [2.24, 2.45) is 0 Å². The molecule has 2 N–H and O–H groups in total. The van der Waals surface area contributed by atoms with Gasteiger partial charge in [0.05, 0.1) is 12.3 Å². The van der Waals surface area contributed by atoms with Crippen LogP contribution in [0.3, 0.4) is 0 Å². The Morgan fingerprint density at radius 1 is 1.39 bits per heavy atom. The third-order valence-corrected chi connectivity index (χ3v) is 2.19. The largest absolute Gasteiger partial charge is 0.475 e. The van der Waals surface area contributed by atoms with Gasteiger partial charge in [0.2, 0.25) is 11.8 Å². The van der Waals surface area contributed by atoms with E-state index in [0.717, 1.165) is 11.3 Å². The number of nitrogens with zero attached hydrogens (tertiary/aromatic N) is 3. The van der Waals surface area contributed by atoms with Gasteiger partial charge < -0.3 is 10.1 Å². The number of hydrogen-bond acceptors (Lipinski definition) is 5. The summed E-state index contributed by atoms with van der Waals surface area (Å²) < 4.78 is 5.56. The predicted molar refractivity (Wildman–Crippen MR) is 68.4 cm³/mol. The number of aryl methyl sites for hydroxylation is 1. The summed E-state index contributed by atoms with van der Waals surface area (Å²) in [4.78, 5) is 8.61. The van der Waals surface area contributed by atoms with Crippen molar-refractivity contribution in [2.75, 3.05) is 5.32 Å². The van der Waals surface area contributed by atoms with Crippen LogP contribution in [0, 0.1) is 6.92 Å². The molecule has 0 radical (unpaired) electrons. The van der Waals surface area contributed by atoms with Crippen LogP contribution in [0.4, 0.5) is 5.95 Å². The topological polar surface area (TPSA) is 75.7 Å². The SMILES string of the molecule is Cc1cc(OC(C)C)nc(NCc2cn[nH]c2)n1. The van der Waals surface area contributed by atoms with Crippen molar-refractivity contribution in [2.45, 2.75) is 33.4 Å². The Morgan fingerprint density at radius 2 is 2.22 bits per heavy atom. The molecule has 96 valence electrons. The van der Waals surface area contributed by atoms with Gasteiger partial charge in [-0.2, -0.15) is 10.1 Å². The van der Waals surface area contributed by atoms with Gasteiger partial charge in [-0.25, -0.2) is 4.98 Å². The van der Waals surface area contributed by atoms with Crippen LogP contribution in [0.5, 0.6) is 5.88 Å². The summed E-state index contributed by atoms with van der Waals surface area (Å²) in [7, 11) is 0. The van der Waals surface area contributed by atoms with Gasteiger partial charge in [0.1, 0.15) is 0 Å². The number of ether oxygens (including phenoxy) is 1. The van der Waals surface area contributed by atoms with Crippen LogP contribution in [-0.2, 0) is 6.54 Å². The minimum absolute atomic E-state index is 0.0982. The van der Waals surface area contributed by atoms with Gasteiger partial charge in [-0.15, -0.1) is 0 Å². The quantitative estimate of drug-likeness (QED) is 0.844. The second-order valence-electron chi connectivity index (χ2n) is 4.30. The Hall–Kier alpha value is -2.11. The number of aromatic amines is 1. The van der Waals surface area contributed by atoms with E-state index in [4.69, 9.17) is 4.74 Å². The molecule has 6 heteroatoms. The minimum Gasteiger partial charge on any atom is -0.475 e. The molecule has 18 heavy (non-hydrogen) atoms. The Morgan fingerprint density at radius 3 is 2.89 bits per heavy atom. The van der Waals surface area contributed by atoms with E-state index in [2.05, 4.69) is 25.5 Å². The fraction of sp³-hybridized carbons (Fsp3) is 0.417. The Bertz CT molecular complexity index is 495. The van der Waals surface area contributed by atoms with E-state index in [0.29, 0.717) is 18.4 Å². The highest BCUT2D eigenvalue weighted by molar-refractivity contribution is 5.31. The second kappa shape index (κ2) is 5.48. The number of aromatic nitrogens is 4. The highest BCUT2D eigenvalue weighted by Gasteiger charge is 2.05. The van der Waals surface area contributed by atoms with Crippen LogP contribution in [0.15, 0.2) is 18.5 Å². The van der Waals surface area contributed by atoms with Crippen LogP contribution < -0.4 is 10.1 Å². The van der Waals surface area contributed by atoms with Crippen molar-refractivity contribution < 1.29 is 4.74 Å². The first-order valence-corrected chi connectivity index (χ1v) is 5.87. The Labute approximate surface area is 106 Å². The van der Waals surface area contributed by atoms with Crippen molar-refractivity contribution >= 4 is 5.95 Å². The third-order valence-electron chi connectivity index (χ3n) is 2.19. The van der Waals surface area contributed by atoms with Crippen LogP contribution in [0.1, 0.15) is 25.1 Å². The van der Waals surface area contributed by atoms with Crippen LogP contribution in [0.25, 0.3) is 0 Å². The fourth-order valence-corrected chi connectivity index (χ4v) is 1.48. The molecule has 0 bridgehead atoms. The standard InChI is InChI=1S/C12H17N5O/c1-8(2)18-11-4-9(3)16-12(17-11)13-5-10-6-14-15-7-10/h4,6-8H,5H2,1-3H3,(H,14,15)(H,13,16,17). The molecular formula is C12H17N5O. The molecule has 2 heterocycles. The van der Waals surface area contributed by atoms with E-state index in [1.807, 2.05) is 33.0 Å².